The van der Waals surface area contributed by atoms with Gasteiger partial charge < -0.3 is 31.1 Å². The molecule has 3 rings (SSSR count). The van der Waals surface area contributed by atoms with Gasteiger partial charge in [-0.3, -0.25) is 4.79 Å². The predicted molar refractivity (Wildman–Crippen MR) is 147 cm³/mol. The summed E-state index contributed by atoms with van der Waals surface area (Å²) >= 11 is 0. The smallest absolute Gasteiger partial charge is 0.224 e. The van der Waals surface area contributed by atoms with Crippen molar-refractivity contribution < 1.29 is 24.9 Å². The number of aliphatic hydroxyl groups excluding tert-OH is 3. The molecule has 36 heavy (non-hydrogen) atoms. The number of hydrogen-bond donors (Lipinski definition) is 6. The highest BCUT2D eigenvalue weighted by atomic mass is 32.2. The second-order valence-electron chi connectivity index (χ2n) is 10.6. The number of nitrogens with two attached hydrogens (primary N) is 1. The van der Waals surface area contributed by atoms with Gasteiger partial charge in [-0.2, -0.15) is 0 Å². The molecule has 1 amide bonds. The van der Waals surface area contributed by atoms with Crippen LogP contribution in [0.15, 0.2) is 42.5 Å². The molecule has 0 radical (unpaired) electrons. The Hall–Kier alpha value is -2.10. The molecule has 7 nitrogen and oxygen atoms in total. The third-order valence-electron chi connectivity index (χ3n) is 7.05. The van der Waals surface area contributed by atoms with E-state index in [1.54, 1.807) is 0 Å². The number of primary amides is 1. The number of amides is 1. The maximum absolute atomic E-state index is 11.4. The largest absolute Gasteiger partial charge is 0.494 e. The van der Waals surface area contributed by atoms with E-state index in [1.165, 1.54) is 11.1 Å². The van der Waals surface area contributed by atoms with Crippen LogP contribution in [-0.2, 0) is 11.2 Å². The third-order valence-corrected chi connectivity index (χ3v) is 9.55. The summed E-state index contributed by atoms with van der Waals surface area (Å²) in [4.78, 5) is 11.4. The first-order valence-electron chi connectivity index (χ1n) is 12.6. The van der Waals surface area contributed by atoms with Crippen molar-refractivity contribution in [3.63, 3.8) is 0 Å². The summed E-state index contributed by atoms with van der Waals surface area (Å²) in [5.74, 6) is 1.04. The van der Waals surface area contributed by atoms with Gasteiger partial charge in [-0.05, 0) is 80.8 Å². The molecular weight excluding hydrogens is 476 g/mol. The number of ether oxygens (including phenoxy) is 1. The molecule has 0 bridgehead atoms. The molecule has 8 heteroatoms. The summed E-state index contributed by atoms with van der Waals surface area (Å²) in [6.07, 6.45) is 0.735. The monoisotopic (exact) mass is 518 g/mol. The van der Waals surface area contributed by atoms with Gasteiger partial charge >= 0.3 is 0 Å². The SMILES string of the molecule is Cc1ccc(C2[C@H](O)[C@H](O)[C@H](O)C[SH]2C)cc1Cc1ccc(OCCCNCC(C)(C)C(N)=O)cc1. The number of hydrogen-bond acceptors (Lipinski definition) is 6. The van der Waals surface area contributed by atoms with Crippen molar-refractivity contribution in [1.29, 1.82) is 0 Å². The van der Waals surface area contributed by atoms with Crippen molar-refractivity contribution in [2.75, 3.05) is 31.7 Å². The Labute approximate surface area is 217 Å². The van der Waals surface area contributed by atoms with E-state index in [4.69, 9.17) is 10.5 Å². The van der Waals surface area contributed by atoms with Crippen molar-refractivity contribution in [2.24, 2.45) is 11.1 Å². The molecule has 0 aromatic heterocycles. The van der Waals surface area contributed by atoms with Gasteiger partial charge in [0, 0.05) is 17.5 Å². The van der Waals surface area contributed by atoms with Crippen LogP contribution in [-0.4, -0.2) is 71.2 Å². The number of carbonyl (C=O) groups is 1. The molecule has 1 fully saturated rings. The first-order valence-corrected chi connectivity index (χ1v) is 14.6. The van der Waals surface area contributed by atoms with Gasteiger partial charge in [0.25, 0.3) is 0 Å². The van der Waals surface area contributed by atoms with Crippen molar-refractivity contribution in [2.45, 2.75) is 57.2 Å². The van der Waals surface area contributed by atoms with Gasteiger partial charge in [0.15, 0.2) is 0 Å². The Morgan fingerprint density at radius 1 is 1.14 bits per heavy atom. The fourth-order valence-corrected chi connectivity index (χ4v) is 6.91. The molecule has 0 aliphatic carbocycles. The van der Waals surface area contributed by atoms with Crippen LogP contribution in [0.5, 0.6) is 5.75 Å². The van der Waals surface area contributed by atoms with E-state index < -0.39 is 34.6 Å². The molecule has 0 spiro atoms. The first-order chi connectivity index (χ1) is 17.0. The molecule has 0 saturated carbocycles. The van der Waals surface area contributed by atoms with Gasteiger partial charge in [0.05, 0.1) is 24.2 Å². The number of carbonyl (C=O) groups excluding carboxylic acids is 1. The van der Waals surface area contributed by atoms with Crippen molar-refractivity contribution in [1.82, 2.24) is 5.32 Å². The second kappa shape index (κ2) is 12.4. The van der Waals surface area contributed by atoms with E-state index in [-0.39, 0.29) is 11.2 Å². The minimum absolute atomic E-state index is 0.148. The number of aryl methyl sites for hydroxylation is 1. The Balaban J connectivity index is 1.54. The topological polar surface area (TPSA) is 125 Å². The van der Waals surface area contributed by atoms with E-state index in [0.717, 1.165) is 36.3 Å². The van der Waals surface area contributed by atoms with Gasteiger partial charge in [0.2, 0.25) is 5.91 Å². The van der Waals surface area contributed by atoms with E-state index in [1.807, 2.05) is 32.0 Å². The number of aliphatic hydroxyl groups is 3. The van der Waals surface area contributed by atoms with Crippen molar-refractivity contribution in [3.05, 3.63) is 64.7 Å². The Bertz CT molecular complexity index is 1010. The number of rotatable bonds is 11. The highest BCUT2D eigenvalue weighted by molar-refractivity contribution is 8.16. The normalized spacial score (nSPS) is 25.5. The van der Waals surface area contributed by atoms with E-state index >= 15 is 0 Å². The van der Waals surface area contributed by atoms with Crippen LogP contribution in [0.4, 0.5) is 0 Å². The lowest BCUT2D eigenvalue weighted by molar-refractivity contribution is -0.125. The highest BCUT2D eigenvalue weighted by Crippen LogP contribution is 2.48. The molecule has 2 aromatic rings. The van der Waals surface area contributed by atoms with Crippen LogP contribution in [0.25, 0.3) is 0 Å². The van der Waals surface area contributed by atoms with Crippen LogP contribution < -0.4 is 15.8 Å². The maximum Gasteiger partial charge on any atom is 0.224 e. The average molecular weight is 519 g/mol. The minimum Gasteiger partial charge on any atom is -0.494 e. The van der Waals surface area contributed by atoms with Gasteiger partial charge in [-0.1, -0.05) is 30.3 Å². The zero-order chi connectivity index (χ0) is 26.5. The molecule has 200 valence electrons. The van der Waals surface area contributed by atoms with Crippen LogP contribution in [0.2, 0.25) is 0 Å². The zero-order valence-corrected chi connectivity index (χ0v) is 22.7. The van der Waals surface area contributed by atoms with Crippen LogP contribution in [0.1, 0.15) is 47.8 Å². The molecule has 5 atom stereocenters. The molecule has 1 heterocycles. The zero-order valence-electron chi connectivity index (χ0n) is 21.8. The molecule has 2 aromatic carbocycles. The molecule has 2 unspecified atom stereocenters. The van der Waals surface area contributed by atoms with Gasteiger partial charge in [-0.25, -0.2) is 10.9 Å². The predicted octanol–water partition coefficient (Wildman–Crippen LogP) is 2.22. The molecular formula is C28H42N2O5S. The summed E-state index contributed by atoms with van der Waals surface area (Å²) < 4.78 is 5.85. The van der Waals surface area contributed by atoms with E-state index in [9.17, 15) is 20.1 Å². The van der Waals surface area contributed by atoms with Crippen LogP contribution >= 0.6 is 10.9 Å². The Morgan fingerprint density at radius 3 is 2.50 bits per heavy atom. The van der Waals surface area contributed by atoms with Gasteiger partial charge in [0.1, 0.15) is 11.9 Å². The van der Waals surface area contributed by atoms with Crippen molar-refractivity contribution in [3.8, 4) is 5.75 Å². The first kappa shape index (κ1) is 28.5. The van der Waals surface area contributed by atoms with Crippen LogP contribution in [0.3, 0.4) is 0 Å². The third kappa shape index (κ3) is 7.23. The lowest BCUT2D eigenvalue weighted by Gasteiger charge is -2.42. The average Bonchev–Trinajstić information content (AvgIpc) is 2.82. The minimum atomic E-state index is -1.11. The maximum atomic E-state index is 11.4. The lowest BCUT2D eigenvalue weighted by Crippen LogP contribution is -2.47. The molecule has 6 N–H and O–H groups in total. The summed E-state index contributed by atoms with van der Waals surface area (Å²) in [6.45, 7) is 7.60. The quantitative estimate of drug-likeness (QED) is 0.200. The van der Waals surface area contributed by atoms with Crippen LogP contribution in [0, 0.1) is 12.3 Å². The Kier molecular flexibility index (Phi) is 9.83. The summed E-state index contributed by atoms with van der Waals surface area (Å²) in [7, 11) is -0.643. The standard InChI is InChI=1S/C28H42N2O5S/c1-18-6-9-20(26-25(33)24(32)23(31)16-36(26)4)15-21(18)14-19-7-10-22(11-8-19)35-13-5-12-30-17-28(2,3)27(29)34/h6-11,15,23-26,30-33,36H,5,12-14,16-17H2,1-4H3,(H2,29,34)/t23-,24-,25-,26?/m1/s1. The lowest BCUT2D eigenvalue weighted by atomic mass is 9.93. The summed E-state index contributed by atoms with van der Waals surface area (Å²) in [6, 6.07) is 14.3. The molecule has 1 saturated heterocycles. The Morgan fingerprint density at radius 2 is 1.83 bits per heavy atom. The van der Waals surface area contributed by atoms with E-state index in [0.29, 0.717) is 18.9 Å². The number of nitrogens with one attached hydrogen (secondary N) is 1. The van der Waals surface area contributed by atoms with Crippen molar-refractivity contribution >= 4 is 16.8 Å². The summed E-state index contributed by atoms with van der Waals surface area (Å²) in [5, 5.41) is 34.0. The second-order valence-corrected chi connectivity index (χ2v) is 13.0. The fourth-order valence-electron chi connectivity index (χ4n) is 4.51. The highest BCUT2D eigenvalue weighted by Gasteiger charge is 2.40. The van der Waals surface area contributed by atoms with E-state index in [2.05, 4.69) is 42.8 Å². The molecule has 1 aliphatic rings. The number of thiol groups is 1. The number of benzene rings is 2. The van der Waals surface area contributed by atoms with Gasteiger partial charge in [-0.15, -0.1) is 0 Å². The molecule has 1 aliphatic heterocycles. The summed E-state index contributed by atoms with van der Waals surface area (Å²) in [5.41, 5.74) is 9.37. The fraction of sp³-hybridized carbons (Fsp3) is 0.536.